The van der Waals surface area contributed by atoms with Crippen LogP contribution in [0.2, 0.25) is 0 Å². The molecule has 11 heteroatoms. The van der Waals surface area contributed by atoms with Gasteiger partial charge in [0.15, 0.2) is 17.3 Å². The third-order valence-corrected chi connectivity index (χ3v) is 6.99. The van der Waals surface area contributed by atoms with Gasteiger partial charge in [-0.3, -0.25) is 23.2 Å². The summed E-state index contributed by atoms with van der Waals surface area (Å²) in [5.41, 5.74) is 6.28. The van der Waals surface area contributed by atoms with Crippen LogP contribution < -0.4 is 15.4 Å². The number of aromatic nitrogens is 2. The van der Waals surface area contributed by atoms with E-state index < -0.39 is 28.2 Å². The van der Waals surface area contributed by atoms with Crippen molar-refractivity contribution >= 4 is 39.1 Å². The van der Waals surface area contributed by atoms with Gasteiger partial charge in [-0.15, -0.1) is 10.8 Å². The molecular weight excluding hydrogens is 425 g/mol. The van der Waals surface area contributed by atoms with E-state index in [0.29, 0.717) is 23.9 Å². The Bertz CT molecular complexity index is 1160. The van der Waals surface area contributed by atoms with Gasteiger partial charge < -0.3 is 16.2 Å². The maximum Gasteiger partial charge on any atom is 0.274 e. The highest BCUT2D eigenvalue weighted by Crippen LogP contribution is 2.51. The number of rotatable bonds is 4. The molecule has 0 aliphatic carbocycles. The van der Waals surface area contributed by atoms with E-state index in [9.17, 15) is 23.4 Å². The van der Waals surface area contributed by atoms with Gasteiger partial charge in [-0.1, -0.05) is 6.07 Å². The van der Waals surface area contributed by atoms with Gasteiger partial charge >= 0.3 is 0 Å². The van der Waals surface area contributed by atoms with Gasteiger partial charge in [-0.05, 0) is 42.7 Å². The van der Waals surface area contributed by atoms with E-state index in [2.05, 4.69) is 15.3 Å². The lowest BCUT2D eigenvalue weighted by Crippen LogP contribution is -2.35. The molecule has 9 nitrogen and oxygen atoms in total. The van der Waals surface area contributed by atoms with Crippen LogP contribution in [0, 0.1) is 5.82 Å². The van der Waals surface area contributed by atoms with Crippen molar-refractivity contribution in [2.75, 3.05) is 22.3 Å². The quantitative estimate of drug-likeness (QED) is 0.383. The summed E-state index contributed by atoms with van der Waals surface area (Å²) in [7, 11) is -3.11. The molecule has 1 aromatic carbocycles. The first kappa shape index (κ1) is 21.1. The molecule has 1 amide bonds. The Morgan fingerprint density at radius 1 is 1.29 bits per heavy atom. The number of fused-ring (bicyclic) bond motifs is 1. The van der Waals surface area contributed by atoms with Crippen LogP contribution in [0.1, 0.15) is 28.9 Å². The number of aromatic hydroxyl groups is 1. The van der Waals surface area contributed by atoms with Crippen molar-refractivity contribution in [3.63, 3.8) is 0 Å². The van der Waals surface area contributed by atoms with E-state index in [1.165, 1.54) is 22.6 Å². The second-order valence-electron chi connectivity index (χ2n) is 7.20. The summed E-state index contributed by atoms with van der Waals surface area (Å²) in [6, 6.07) is 7.12. The van der Waals surface area contributed by atoms with E-state index in [-0.39, 0.29) is 35.0 Å². The smallest absolute Gasteiger partial charge is 0.274 e. The molecule has 1 aliphatic rings. The second-order valence-corrected chi connectivity index (χ2v) is 9.32. The topological polar surface area (TPSA) is 145 Å². The van der Waals surface area contributed by atoms with Crippen LogP contribution >= 0.6 is 10.8 Å². The van der Waals surface area contributed by atoms with Crippen molar-refractivity contribution in [2.45, 2.75) is 19.4 Å². The first-order valence-electron chi connectivity index (χ1n) is 9.61. The molecule has 31 heavy (non-hydrogen) atoms. The first-order chi connectivity index (χ1) is 14.8. The summed E-state index contributed by atoms with van der Waals surface area (Å²) in [5, 5.41) is 13.7. The number of carbonyl (C=O) groups is 1. The number of hydrogen-bond acceptors (Lipinski definition) is 8. The molecule has 3 heterocycles. The number of halogens is 1. The lowest BCUT2D eigenvalue weighted by Gasteiger charge is -2.47. The van der Waals surface area contributed by atoms with Crippen molar-refractivity contribution in [1.29, 1.82) is 0 Å². The van der Waals surface area contributed by atoms with Gasteiger partial charge in [-0.2, -0.15) is 0 Å². The lowest BCUT2D eigenvalue weighted by molar-refractivity contribution is 0.0943. The van der Waals surface area contributed by atoms with Crippen LogP contribution in [-0.2, 0) is 6.54 Å². The van der Waals surface area contributed by atoms with Crippen LogP contribution in [0.5, 0.6) is 5.75 Å². The summed E-state index contributed by atoms with van der Waals surface area (Å²) in [5.74, 6) is -1.24. The zero-order chi connectivity index (χ0) is 22.2. The number of pyridine rings is 2. The summed E-state index contributed by atoms with van der Waals surface area (Å²) in [4.78, 5) is 21.3. The van der Waals surface area contributed by atoms with Gasteiger partial charge in [0.2, 0.25) is 0 Å². The molecule has 0 unspecified atom stereocenters. The second kappa shape index (κ2) is 8.17. The highest BCUT2D eigenvalue weighted by Gasteiger charge is 2.31. The molecule has 0 saturated carbocycles. The Balaban J connectivity index is 1.72. The maximum atomic E-state index is 13.2. The average Bonchev–Trinajstić information content (AvgIpc) is 2.73. The molecule has 1 aliphatic heterocycles. The van der Waals surface area contributed by atoms with E-state index in [4.69, 9.17) is 5.73 Å². The highest BCUT2D eigenvalue weighted by atomic mass is 32.3. The molecule has 2 aromatic heterocycles. The Kier molecular flexibility index (Phi) is 5.56. The Morgan fingerprint density at radius 2 is 2.10 bits per heavy atom. The number of nitrogens with one attached hydrogen (secondary N) is 1. The number of benzene rings is 1. The fourth-order valence-electron chi connectivity index (χ4n) is 3.49. The molecule has 1 saturated heterocycles. The van der Waals surface area contributed by atoms with Crippen molar-refractivity contribution in [2.24, 2.45) is 0 Å². The van der Waals surface area contributed by atoms with Crippen molar-refractivity contribution in [3.8, 4) is 5.75 Å². The summed E-state index contributed by atoms with van der Waals surface area (Å²) in [6.07, 6.45) is 2.85. The van der Waals surface area contributed by atoms with Crippen molar-refractivity contribution < 1.29 is 23.4 Å². The predicted octanol–water partition coefficient (Wildman–Crippen LogP) is 3.25. The van der Waals surface area contributed by atoms with Crippen LogP contribution in [0.25, 0.3) is 10.9 Å². The highest BCUT2D eigenvalue weighted by molar-refractivity contribution is 8.25. The van der Waals surface area contributed by atoms with Crippen LogP contribution in [0.4, 0.5) is 15.9 Å². The molecule has 0 radical (unpaired) electrons. The molecule has 1 fully saturated rings. The number of carbonyl (C=O) groups excluding carboxylic acids is 1. The molecule has 164 valence electrons. The van der Waals surface area contributed by atoms with E-state index in [0.717, 1.165) is 12.5 Å². The molecule has 3 aromatic rings. The normalized spacial score (nSPS) is 16.8. The minimum Gasteiger partial charge on any atom is -0.504 e. The first-order valence-corrected chi connectivity index (χ1v) is 11.3. The molecule has 0 spiro atoms. The summed E-state index contributed by atoms with van der Waals surface area (Å²) < 4.78 is 35.7. The SMILES string of the molecule is Nc1cc(F)ccc1CNC(=O)c1nc(N2CCCCS2(O)O)c2cccnc2c1O. The number of anilines is 2. The molecule has 4 rings (SSSR count). The third-order valence-electron chi connectivity index (χ3n) is 5.10. The van der Waals surface area contributed by atoms with E-state index >= 15 is 0 Å². The largest absolute Gasteiger partial charge is 0.504 e. The molecular formula is C20H22FN5O4S. The van der Waals surface area contributed by atoms with Gasteiger partial charge in [0, 0.05) is 30.4 Å². The van der Waals surface area contributed by atoms with E-state index in [1.54, 1.807) is 12.1 Å². The van der Waals surface area contributed by atoms with E-state index in [1.807, 2.05) is 0 Å². The predicted molar refractivity (Wildman–Crippen MR) is 117 cm³/mol. The van der Waals surface area contributed by atoms with Crippen LogP contribution in [-0.4, -0.2) is 42.4 Å². The van der Waals surface area contributed by atoms with Gasteiger partial charge in [0.05, 0.1) is 5.75 Å². The van der Waals surface area contributed by atoms with Crippen LogP contribution in [0.3, 0.4) is 0 Å². The monoisotopic (exact) mass is 447 g/mol. The Hall–Kier alpha value is -3.15. The minimum atomic E-state index is -3.11. The van der Waals surface area contributed by atoms with Gasteiger partial charge in [0.25, 0.3) is 5.91 Å². The molecule has 6 N–H and O–H groups in total. The minimum absolute atomic E-state index is 0.0133. The third kappa shape index (κ3) is 4.07. The number of nitrogen functional groups attached to an aromatic ring is 1. The number of hydrogen-bond donors (Lipinski definition) is 5. The zero-order valence-electron chi connectivity index (χ0n) is 16.5. The number of nitrogens with zero attached hydrogens (tertiary/aromatic N) is 3. The van der Waals surface area contributed by atoms with Crippen molar-refractivity contribution in [3.05, 3.63) is 53.6 Å². The summed E-state index contributed by atoms with van der Waals surface area (Å²) in [6.45, 7) is 0.331. The fraction of sp³-hybridized carbons (Fsp3) is 0.250. The zero-order valence-corrected chi connectivity index (χ0v) is 17.3. The Morgan fingerprint density at radius 3 is 2.84 bits per heavy atom. The van der Waals surface area contributed by atoms with Gasteiger partial charge in [0.1, 0.15) is 11.3 Å². The molecule has 0 atom stereocenters. The number of nitrogens with two attached hydrogens (primary N) is 1. The fourth-order valence-corrected chi connectivity index (χ4v) is 5.14. The van der Waals surface area contributed by atoms with Crippen molar-refractivity contribution in [1.82, 2.24) is 15.3 Å². The standard InChI is InChI=1S/C20H22FN5O4S/c21-13-6-5-12(15(22)10-13)11-24-20(28)17-18(27)16-14(4-3-7-23-16)19(25-17)26-8-1-2-9-31(26,29)30/h3-7,10,27,29-30H,1-2,8-9,11,22H2,(H,24,28). The maximum absolute atomic E-state index is 13.2. The lowest BCUT2D eigenvalue weighted by atomic mass is 10.1. The number of amides is 1. The summed E-state index contributed by atoms with van der Waals surface area (Å²) >= 11 is 0. The van der Waals surface area contributed by atoms with Gasteiger partial charge in [-0.25, -0.2) is 9.37 Å². The Labute approximate surface area is 179 Å². The average molecular weight is 447 g/mol. The van der Waals surface area contributed by atoms with Crippen LogP contribution in [0.15, 0.2) is 36.5 Å². The molecule has 0 bridgehead atoms.